The van der Waals surface area contributed by atoms with Crippen molar-refractivity contribution in [2.45, 2.75) is 32.0 Å². The smallest absolute Gasteiger partial charge is 0.390 e. The van der Waals surface area contributed by atoms with Gasteiger partial charge in [0, 0.05) is 6.42 Å². The topological polar surface area (TPSA) is 20.2 Å². The van der Waals surface area contributed by atoms with Crippen molar-refractivity contribution < 1.29 is 22.7 Å². The van der Waals surface area contributed by atoms with E-state index in [1.807, 2.05) is 0 Å². The van der Waals surface area contributed by atoms with Crippen molar-refractivity contribution in [2.75, 3.05) is 0 Å². The highest BCUT2D eigenvalue weighted by Crippen LogP contribution is 2.33. The van der Waals surface area contributed by atoms with E-state index in [9.17, 15) is 22.7 Å². The number of aliphatic hydroxyl groups is 1. The Labute approximate surface area is 90.7 Å². The summed E-state index contributed by atoms with van der Waals surface area (Å²) in [5, 5.41) is 9.46. The Kier molecular flexibility index (Phi) is 3.28. The van der Waals surface area contributed by atoms with Gasteiger partial charge in [-0.05, 0) is 37.6 Å². The Hall–Kier alpha value is -1.10. The Balaban J connectivity index is 3.19. The molecule has 90 valence electrons. The lowest BCUT2D eigenvalue weighted by molar-refractivity contribution is -0.138. The average Bonchev–Trinajstić information content (AvgIpc) is 1.97. The molecule has 5 heteroatoms. The van der Waals surface area contributed by atoms with Crippen molar-refractivity contribution in [1.82, 2.24) is 0 Å². The van der Waals surface area contributed by atoms with Crippen LogP contribution in [0.15, 0.2) is 18.2 Å². The van der Waals surface area contributed by atoms with Crippen LogP contribution in [0.3, 0.4) is 0 Å². The fourth-order valence-electron chi connectivity index (χ4n) is 1.45. The van der Waals surface area contributed by atoms with Crippen LogP contribution in [0.25, 0.3) is 0 Å². The highest BCUT2D eigenvalue weighted by atomic mass is 19.4. The van der Waals surface area contributed by atoms with Gasteiger partial charge < -0.3 is 5.11 Å². The highest BCUT2D eigenvalue weighted by Gasteiger charge is 2.34. The summed E-state index contributed by atoms with van der Waals surface area (Å²) in [5.41, 5.74) is -2.45. The SMILES string of the molecule is CC(C)(O)Cc1cc(F)ccc1C(F)(F)F. The van der Waals surface area contributed by atoms with E-state index in [1.54, 1.807) is 0 Å². The summed E-state index contributed by atoms with van der Waals surface area (Å²) < 4.78 is 50.5. The molecular weight excluding hydrogens is 224 g/mol. The molecule has 0 heterocycles. The molecule has 1 rings (SSSR count). The van der Waals surface area contributed by atoms with Crippen molar-refractivity contribution >= 4 is 0 Å². The largest absolute Gasteiger partial charge is 0.416 e. The molecule has 1 aromatic carbocycles. The minimum atomic E-state index is -4.53. The minimum Gasteiger partial charge on any atom is -0.390 e. The minimum absolute atomic E-state index is 0.236. The summed E-state index contributed by atoms with van der Waals surface area (Å²) in [7, 11) is 0. The lowest BCUT2D eigenvalue weighted by Crippen LogP contribution is -2.24. The predicted molar refractivity (Wildman–Crippen MR) is 51.4 cm³/mol. The van der Waals surface area contributed by atoms with E-state index in [0.29, 0.717) is 6.07 Å². The van der Waals surface area contributed by atoms with Crippen LogP contribution >= 0.6 is 0 Å². The fraction of sp³-hybridized carbons (Fsp3) is 0.455. The Morgan fingerprint density at radius 1 is 1.19 bits per heavy atom. The highest BCUT2D eigenvalue weighted by molar-refractivity contribution is 5.31. The van der Waals surface area contributed by atoms with Crippen LogP contribution < -0.4 is 0 Å². The molecule has 0 aromatic heterocycles. The van der Waals surface area contributed by atoms with Crippen molar-refractivity contribution in [3.63, 3.8) is 0 Å². The maximum atomic E-state index is 12.9. The molecule has 0 amide bonds. The Bertz CT molecular complexity index is 377. The summed E-state index contributed by atoms with van der Waals surface area (Å²) in [6.07, 6.45) is -4.78. The van der Waals surface area contributed by atoms with Gasteiger partial charge in [-0.1, -0.05) is 0 Å². The standard InChI is InChI=1S/C11H12F4O/c1-10(2,16)6-7-5-8(12)3-4-9(7)11(13,14)15/h3-5,16H,6H2,1-2H3. The van der Waals surface area contributed by atoms with Gasteiger partial charge in [-0.3, -0.25) is 0 Å². The molecule has 1 N–H and O–H groups in total. The Morgan fingerprint density at radius 3 is 2.19 bits per heavy atom. The van der Waals surface area contributed by atoms with Crippen LogP contribution in [0, 0.1) is 5.82 Å². The van der Waals surface area contributed by atoms with Crippen LogP contribution in [0.2, 0.25) is 0 Å². The first kappa shape index (κ1) is 13.0. The first-order chi connectivity index (χ1) is 7.09. The molecule has 0 radical (unpaired) electrons. The van der Waals surface area contributed by atoms with Gasteiger partial charge in [0.2, 0.25) is 0 Å². The van der Waals surface area contributed by atoms with E-state index in [2.05, 4.69) is 0 Å². The van der Waals surface area contributed by atoms with Gasteiger partial charge in [-0.2, -0.15) is 13.2 Å². The zero-order valence-electron chi connectivity index (χ0n) is 8.90. The normalized spacial score (nSPS) is 12.9. The van der Waals surface area contributed by atoms with Gasteiger partial charge in [0.15, 0.2) is 0 Å². The van der Waals surface area contributed by atoms with E-state index >= 15 is 0 Å². The first-order valence-electron chi connectivity index (χ1n) is 4.67. The second-order valence-electron chi connectivity index (χ2n) is 4.29. The van der Waals surface area contributed by atoms with E-state index in [4.69, 9.17) is 0 Å². The van der Waals surface area contributed by atoms with Crippen LogP contribution in [0.5, 0.6) is 0 Å². The van der Waals surface area contributed by atoms with Gasteiger partial charge in [0.1, 0.15) is 5.82 Å². The van der Waals surface area contributed by atoms with Gasteiger partial charge in [-0.25, -0.2) is 4.39 Å². The summed E-state index contributed by atoms with van der Waals surface area (Å²) >= 11 is 0. The third-order valence-electron chi connectivity index (χ3n) is 2.00. The molecule has 0 atom stereocenters. The fourth-order valence-corrected chi connectivity index (χ4v) is 1.45. The van der Waals surface area contributed by atoms with E-state index < -0.39 is 23.2 Å². The van der Waals surface area contributed by atoms with E-state index in [1.165, 1.54) is 13.8 Å². The maximum Gasteiger partial charge on any atom is 0.416 e. The molecule has 1 nitrogen and oxygen atoms in total. The van der Waals surface area contributed by atoms with Crippen molar-refractivity contribution in [3.05, 3.63) is 35.1 Å². The van der Waals surface area contributed by atoms with Crippen LogP contribution in [0.4, 0.5) is 17.6 Å². The number of hydrogen-bond donors (Lipinski definition) is 1. The predicted octanol–water partition coefficient (Wildman–Crippen LogP) is 3.16. The maximum absolute atomic E-state index is 12.9. The monoisotopic (exact) mass is 236 g/mol. The molecular formula is C11H12F4O. The number of hydrogen-bond acceptors (Lipinski definition) is 1. The molecule has 0 fully saturated rings. The zero-order valence-corrected chi connectivity index (χ0v) is 8.90. The molecule has 1 aromatic rings. The lowest BCUT2D eigenvalue weighted by Gasteiger charge is -2.20. The van der Waals surface area contributed by atoms with Crippen molar-refractivity contribution in [1.29, 1.82) is 0 Å². The number of alkyl halides is 3. The molecule has 0 unspecified atom stereocenters. The van der Waals surface area contributed by atoms with Crippen molar-refractivity contribution in [3.8, 4) is 0 Å². The first-order valence-corrected chi connectivity index (χ1v) is 4.67. The van der Waals surface area contributed by atoms with Gasteiger partial charge in [0.25, 0.3) is 0 Å². The Morgan fingerprint density at radius 2 is 1.75 bits per heavy atom. The molecule has 0 aliphatic carbocycles. The molecule has 16 heavy (non-hydrogen) atoms. The molecule has 0 saturated heterocycles. The average molecular weight is 236 g/mol. The summed E-state index contributed by atoms with van der Waals surface area (Å²) in [4.78, 5) is 0. The second kappa shape index (κ2) is 4.05. The van der Waals surface area contributed by atoms with Gasteiger partial charge in [-0.15, -0.1) is 0 Å². The summed E-state index contributed by atoms with van der Waals surface area (Å²) in [5.74, 6) is -0.743. The number of rotatable bonds is 2. The van der Waals surface area contributed by atoms with Crippen LogP contribution in [-0.4, -0.2) is 10.7 Å². The van der Waals surface area contributed by atoms with E-state index in [-0.39, 0.29) is 12.0 Å². The molecule has 0 spiro atoms. The number of benzene rings is 1. The van der Waals surface area contributed by atoms with Crippen molar-refractivity contribution in [2.24, 2.45) is 0 Å². The molecule has 0 aliphatic rings. The quantitative estimate of drug-likeness (QED) is 0.782. The van der Waals surface area contributed by atoms with E-state index in [0.717, 1.165) is 12.1 Å². The third kappa shape index (κ3) is 3.48. The van der Waals surface area contributed by atoms with Gasteiger partial charge >= 0.3 is 6.18 Å². The van der Waals surface area contributed by atoms with Crippen LogP contribution in [-0.2, 0) is 12.6 Å². The molecule has 0 aliphatic heterocycles. The molecule has 0 bridgehead atoms. The third-order valence-corrected chi connectivity index (χ3v) is 2.00. The summed E-state index contributed by atoms with van der Waals surface area (Å²) in [6.45, 7) is 2.75. The van der Waals surface area contributed by atoms with Crippen LogP contribution in [0.1, 0.15) is 25.0 Å². The number of halogens is 4. The summed E-state index contributed by atoms with van der Waals surface area (Å²) in [6, 6.07) is 2.26. The molecule has 0 saturated carbocycles. The van der Waals surface area contributed by atoms with Gasteiger partial charge in [0.05, 0.1) is 11.2 Å². The second-order valence-corrected chi connectivity index (χ2v) is 4.29. The lowest BCUT2D eigenvalue weighted by atomic mass is 9.94. The zero-order chi connectivity index (χ0) is 12.6.